The van der Waals surface area contributed by atoms with Crippen LogP contribution in [0.15, 0.2) is 205 Å². The second kappa shape index (κ2) is 12.2. The molecule has 0 saturated heterocycles. The van der Waals surface area contributed by atoms with E-state index >= 15 is 0 Å². The van der Waals surface area contributed by atoms with Crippen LogP contribution in [0.2, 0.25) is 0 Å². The highest BCUT2D eigenvalue weighted by Crippen LogP contribution is 2.46. The quantitative estimate of drug-likeness (QED) is 0.168. The topological polar surface area (TPSA) is 16.4 Å². The Morgan fingerprint density at radius 3 is 1.74 bits per heavy atom. The SMILES string of the molecule is c1ccc(N(c2ccc(-c3cccc4ccccc34)cc2)c2cccc3c2ccc2ccccc23)c(-c2ccc3oc4cc5ccccc5cc4c3c2)c1. The standard InChI is InChI=1S/C52H33NO/c1-2-14-38-33-52-48(31-37(38)13-1)47-32-39(26-30-51(47)54-52)44-18-7-8-21-49(44)53(50-22-10-20-45-43-17-6-4-12-35(43)25-29-46(45)50)40-27-23-36(24-28-40)42-19-9-15-34-11-3-5-16-41(34)42/h1-33H. The van der Waals surface area contributed by atoms with Gasteiger partial charge in [-0.2, -0.15) is 0 Å². The van der Waals surface area contributed by atoms with Crippen LogP contribution in [0.1, 0.15) is 0 Å². The second-order valence-corrected chi connectivity index (χ2v) is 14.1. The molecule has 0 aliphatic heterocycles. The van der Waals surface area contributed by atoms with Crippen LogP contribution in [-0.2, 0) is 0 Å². The Kier molecular flexibility index (Phi) is 6.90. The third kappa shape index (κ3) is 4.88. The molecule has 2 nitrogen and oxygen atoms in total. The number of rotatable bonds is 5. The van der Waals surface area contributed by atoms with Crippen molar-refractivity contribution in [1.82, 2.24) is 0 Å². The molecular weight excluding hydrogens is 655 g/mol. The van der Waals surface area contributed by atoms with Crippen LogP contribution in [0.3, 0.4) is 0 Å². The first kappa shape index (κ1) is 30.5. The van der Waals surface area contributed by atoms with E-state index in [4.69, 9.17) is 4.42 Å². The molecule has 252 valence electrons. The van der Waals surface area contributed by atoms with Crippen molar-refractivity contribution in [2.24, 2.45) is 0 Å². The van der Waals surface area contributed by atoms with Crippen LogP contribution < -0.4 is 4.90 Å². The third-order valence-electron chi connectivity index (χ3n) is 11.0. The van der Waals surface area contributed by atoms with E-state index in [2.05, 4.69) is 205 Å². The van der Waals surface area contributed by atoms with Crippen LogP contribution in [0.4, 0.5) is 17.1 Å². The Bertz CT molecular complexity index is 3220. The average molecular weight is 688 g/mol. The van der Waals surface area contributed by atoms with Crippen LogP contribution >= 0.6 is 0 Å². The molecule has 2 heteroatoms. The maximum Gasteiger partial charge on any atom is 0.136 e. The van der Waals surface area contributed by atoms with E-state index in [1.807, 2.05) is 0 Å². The Morgan fingerprint density at radius 2 is 0.889 bits per heavy atom. The summed E-state index contributed by atoms with van der Waals surface area (Å²) < 4.78 is 6.42. The minimum absolute atomic E-state index is 0.892. The molecular formula is C52H33NO. The molecule has 0 bridgehead atoms. The fraction of sp³-hybridized carbons (Fsp3) is 0. The van der Waals surface area contributed by atoms with Gasteiger partial charge in [0.15, 0.2) is 0 Å². The molecule has 1 aromatic heterocycles. The van der Waals surface area contributed by atoms with Crippen LogP contribution in [0, 0.1) is 0 Å². The van der Waals surface area contributed by atoms with Gasteiger partial charge in [0, 0.05) is 27.4 Å². The number of hydrogen-bond donors (Lipinski definition) is 0. The maximum absolute atomic E-state index is 6.42. The number of anilines is 3. The number of benzene rings is 10. The molecule has 0 aliphatic carbocycles. The summed E-state index contributed by atoms with van der Waals surface area (Å²) in [4.78, 5) is 2.44. The molecule has 0 saturated carbocycles. The van der Waals surface area contributed by atoms with Crippen molar-refractivity contribution in [3.63, 3.8) is 0 Å². The molecule has 0 aliphatic rings. The van der Waals surface area contributed by atoms with Gasteiger partial charge in [-0.05, 0) is 103 Å². The first-order valence-corrected chi connectivity index (χ1v) is 18.5. The smallest absolute Gasteiger partial charge is 0.136 e. The van der Waals surface area contributed by atoms with Gasteiger partial charge in [0.25, 0.3) is 0 Å². The average Bonchev–Trinajstić information content (AvgIpc) is 3.59. The zero-order valence-electron chi connectivity index (χ0n) is 29.4. The van der Waals surface area contributed by atoms with E-state index in [9.17, 15) is 0 Å². The minimum atomic E-state index is 0.892. The van der Waals surface area contributed by atoms with Crippen molar-refractivity contribution >= 4 is 82.1 Å². The van der Waals surface area contributed by atoms with Gasteiger partial charge in [-0.3, -0.25) is 0 Å². The number of nitrogens with zero attached hydrogens (tertiary/aromatic N) is 1. The molecule has 0 atom stereocenters. The molecule has 11 rings (SSSR count). The van der Waals surface area contributed by atoms with Gasteiger partial charge in [0.2, 0.25) is 0 Å². The Morgan fingerprint density at radius 1 is 0.296 bits per heavy atom. The highest BCUT2D eigenvalue weighted by Gasteiger charge is 2.21. The van der Waals surface area contributed by atoms with E-state index in [1.165, 1.54) is 54.2 Å². The van der Waals surface area contributed by atoms with Crippen molar-refractivity contribution in [3.05, 3.63) is 200 Å². The van der Waals surface area contributed by atoms with E-state index < -0.39 is 0 Å². The van der Waals surface area contributed by atoms with Gasteiger partial charge in [-0.25, -0.2) is 0 Å². The summed E-state index contributed by atoms with van der Waals surface area (Å²) in [6.07, 6.45) is 0. The lowest BCUT2D eigenvalue weighted by Crippen LogP contribution is -2.11. The Balaban J connectivity index is 1.12. The molecule has 11 aromatic rings. The highest BCUT2D eigenvalue weighted by molar-refractivity contribution is 6.14. The van der Waals surface area contributed by atoms with Gasteiger partial charge in [-0.1, -0.05) is 152 Å². The van der Waals surface area contributed by atoms with Crippen LogP contribution in [0.5, 0.6) is 0 Å². The second-order valence-electron chi connectivity index (χ2n) is 14.1. The zero-order chi connectivity index (χ0) is 35.6. The van der Waals surface area contributed by atoms with Crippen molar-refractivity contribution in [2.75, 3.05) is 4.90 Å². The predicted octanol–water partition coefficient (Wildman–Crippen LogP) is 15.0. The lowest BCUT2D eigenvalue weighted by Gasteiger charge is -2.29. The monoisotopic (exact) mass is 687 g/mol. The van der Waals surface area contributed by atoms with E-state index in [-0.39, 0.29) is 0 Å². The molecule has 0 spiro atoms. The van der Waals surface area contributed by atoms with Gasteiger partial charge in [0.05, 0.1) is 11.4 Å². The lowest BCUT2D eigenvalue weighted by atomic mass is 9.96. The summed E-state index contributed by atoms with van der Waals surface area (Å²) in [5.74, 6) is 0. The van der Waals surface area contributed by atoms with Crippen molar-refractivity contribution < 1.29 is 4.42 Å². The van der Waals surface area contributed by atoms with Gasteiger partial charge >= 0.3 is 0 Å². The van der Waals surface area contributed by atoms with Crippen LogP contribution in [-0.4, -0.2) is 0 Å². The highest BCUT2D eigenvalue weighted by atomic mass is 16.3. The van der Waals surface area contributed by atoms with Crippen LogP contribution in [0.25, 0.3) is 87.3 Å². The number of para-hydroxylation sites is 1. The minimum Gasteiger partial charge on any atom is -0.456 e. The summed E-state index contributed by atoms with van der Waals surface area (Å²) in [6.45, 7) is 0. The number of hydrogen-bond acceptors (Lipinski definition) is 2. The van der Waals surface area contributed by atoms with Gasteiger partial charge in [0.1, 0.15) is 11.2 Å². The van der Waals surface area contributed by atoms with E-state index in [0.717, 1.165) is 50.1 Å². The summed E-state index contributed by atoms with van der Waals surface area (Å²) in [7, 11) is 0. The Hall–Kier alpha value is -7.16. The molecule has 0 unspecified atom stereocenters. The van der Waals surface area contributed by atoms with Crippen molar-refractivity contribution in [1.29, 1.82) is 0 Å². The molecule has 0 amide bonds. The van der Waals surface area contributed by atoms with Gasteiger partial charge < -0.3 is 9.32 Å². The maximum atomic E-state index is 6.42. The predicted molar refractivity (Wildman–Crippen MR) is 229 cm³/mol. The largest absolute Gasteiger partial charge is 0.456 e. The first-order valence-electron chi connectivity index (χ1n) is 18.5. The molecule has 10 aromatic carbocycles. The summed E-state index contributed by atoms with van der Waals surface area (Å²) >= 11 is 0. The van der Waals surface area contributed by atoms with E-state index in [0.29, 0.717) is 0 Å². The molecule has 54 heavy (non-hydrogen) atoms. The summed E-state index contributed by atoms with van der Waals surface area (Å²) in [5.41, 5.74) is 9.83. The molecule has 0 radical (unpaired) electrons. The number of fused-ring (bicyclic) bond motifs is 8. The summed E-state index contributed by atoms with van der Waals surface area (Å²) in [5, 5.41) is 12.1. The fourth-order valence-electron chi connectivity index (χ4n) is 8.44. The number of furan rings is 1. The van der Waals surface area contributed by atoms with Crippen molar-refractivity contribution in [2.45, 2.75) is 0 Å². The summed E-state index contributed by atoms with van der Waals surface area (Å²) in [6, 6.07) is 72.4. The first-order chi connectivity index (χ1) is 26.8. The zero-order valence-corrected chi connectivity index (χ0v) is 29.4. The molecule has 0 fully saturated rings. The van der Waals surface area contributed by atoms with Gasteiger partial charge in [-0.15, -0.1) is 0 Å². The molecule has 0 N–H and O–H groups in total. The normalized spacial score (nSPS) is 11.7. The third-order valence-corrected chi connectivity index (χ3v) is 11.0. The van der Waals surface area contributed by atoms with E-state index in [1.54, 1.807) is 0 Å². The molecule has 1 heterocycles. The fourth-order valence-corrected chi connectivity index (χ4v) is 8.44. The lowest BCUT2D eigenvalue weighted by molar-refractivity contribution is 0.669. The van der Waals surface area contributed by atoms with Crippen molar-refractivity contribution in [3.8, 4) is 22.3 Å². The Labute approximate surface area is 312 Å².